The SMILES string of the molecule is CCCOC(=O)N(CCC)Cc1ccccc1. The average Bonchev–Trinajstić information content (AvgIpc) is 2.36. The molecule has 1 aromatic carbocycles. The quantitative estimate of drug-likeness (QED) is 0.756. The molecular weight excluding hydrogens is 214 g/mol. The lowest BCUT2D eigenvalue weighted by molar-refractivity contribution is 0.0997. The Morgan fingerprint density at radius 3 is 2.47 bits per heavy atom. The van der Waals surface area contributed by atoms with Gasteiger partial charge < -0.3 is 9.64 Å². The van der Waals surface area contributed by atoms with Gasteiger partial charge in [0.25, 0.3) is 0 Å². The summed E-state index contributed by atoms with van der Waals surface area (Å²) < 4.78 is 5.17. The number of carbonyl (C=O) groups excluding carboxylic acids is 1. The maximum atomic E-state index is 11.8. The lowest BCUT2D eigenvalue weighted by Crippen LogP contribution is -2.32. The summed E-state index contributed by atoms with van der Waals surface area (Å²) in [4.78, 5) is 13.6. The van der Waals surface area contributed by atoms with Crippen molar-refractivity contribution in [3.05, 3.63) is 35.9 Å². The number of ether oxygens (including phenoxy) is 1. The number of rotatable bonds is 6. The second kappa shape index (κ2) is 7.71. The average molecular weight is 235 g/mol. The number of amides is 1. The number of hydrogen-bond donors (Lipinski definition) is 0. The molecule has 3 heteroatoms. The third kappa shape index (κ3) is 4.89. The van der Waals surface area contributed by atoms with Crippen molar-refractivity contribution < 1.29 is 9.53 Å². The van der Waals surface area contributed by atoms with Crippen LogP contribution in [0.3, 0.4) is 0 Å². The highest BCUT2D eigenvalue weighted by Crippen LogP contribution is 2.07. The predicted octanol–water partition coefficient (Wildman–Crippen LogP) is 3.45. The van der Waals surface area contributed by atoms with E-state index in [-0.39, 0.29) is 6.09 Å². The van der Waals surface area contributed by atoms with Crippen molar-refractivity contribution in [1.29, 1.82) is 0 Å². The van der Waals surface area contributed by atoms with Crippen LogP contribution in [0.15, 0.2) is 30.3 Å². The third-order valence-corrected chi connectivity index (χ3v) is 2.40. The Labute approximate surface area is 103 Å². The third-order valence-electron chi connectivity index (χ3n) is 2.40. The number of nitrogens with zero attached hydrogens (tertiary/aromatic N) is 1. The first-order valence-corrected chi connectivity index (χ1v) is 6.23. The first-order chi connectivity index (χ1) is 8.27. The zero-order valence-electron chi connectivity index (χ0n) is 10.7. The monoisotopic (exact) mass is 235 g/mol. The highest BCUT2D eigenvalue weighted by atomic mass is 16.6. The zero-order chi connectivity index (χ0) is 12.5. The van der Waals surface area contributed by atoms with Crippen molar-refractivity contribution >= 4 is 6.09 Å². The van der Waals surface area contributed by atoms with Gasteiger partial charge in [-0.15, -0.1) is 0 Å². The van der Waals surface area contributed by atoms with Gasteiger partial charge in [0.05, 0.1) is 6.61 Å². The molecule has 1 aromatic rings. The molecule has 17 heavy (non-hydrogen) atoms. The van der Waals surface area contributed by atoms with Crippen LogP contribution in [-0.4, -0.2) is 24.1 Å². The van der Waals surface area contributed by atoms with Gasteiger partial charge in [-0.05, 0) is 18.4 Å². The Kier molecular flexibility index (Phi) is 6.15. The van der Waals surface area contributed by atoms with Crippen LogP contribution in [0.4, 0.5) is 4.79 Å². The van der Waals surface area contributed by atoms with Crippen molar-refractivity contribution in [2.75, 3.05) is 13.2 Å². The molecule has 0 aromatic heterocycles. The van der Waals surface area contributed by atoms with E-state index in [4.69, 9.17) is 4.74 Å². The van der Waals surface area contributed by atoms with Crippen LogP contribution in [0.1, 0.15) is 32.3 Å². The molecule has 1 amide bonds. The molecule has 94 valence electrons. The first kappa shape index (κ1) is 13.6. The summed E-state index contributed by atoms with van der Waals surface area (Å²) in [6.45, 7) is 5.90. The topological polar surface area (TPSA) is 29.5 Å². The minimum Gasteiger partial charge on any atom is -0.449 e. The molecule has 0 bridgehead atoms. The molecule has 0 aliphatic rings. The predicted molar refractivity (Wildman–Crippen MR) is 68.8 cm³/mol. The second-order valence-corrected chi connectivity index (χ2v) is 4.02. The van der Waals surface area contributed by atoms with Gasteiger partial charge in [0.2, 0.25) is 0 Å². The molecule has 0 aliphatic carbocycles. The molecular formula is C14H21NO2. The number of benzene rings is 1. The minimum absolute atomic E-state index is 0.211. The van der Waals surface area contributed by atoms with Gasteiger partial charge in [-0.1, -0.05) is 44.2 Å². The molecule has 0 fully saturated rings. The van der Waals surface area contributed by atoms with E-state index >= 15 is 0 Å². The summed E-state index contributed by atoms with van der Waals surface area (Å²) in [7, 11) is 0. The van der Waals surface area contributed by atoms with E-state index in [1.165, 1.54) is 0 Å². The van der Waals surface area contributed by atoms with Crippen molar-refractivity contribution in [1.82, 2.24) is 4.90 Å². The van der Waals surface area contributed by atoms with Gasteiger partial charge in [-0.25, -0.2) is 4.79 Å². The highest BCUT2D eigenvalue weighted by molar-refractivity contribution is 5.67. The van der Waals surface area contributed by atoms with Gasteiger partial charge in [0.15, 0.2) is 0 Å². The molecule has 0 heterocycles. The van der Waals surface area contributed by atoms with Crippen molar-refractivity contribution in [3.8, 4) is 0 Å². The van der Waals surface area contributed by atoms with Gasteiger partial charge in [0.1, 0.15) is 0 Å². The van der Waals surface area contributed by atoms with Crippen LogP contribution in [-0.2, 0) is 11.3 Å². The normalized spacial score (nSPS) is 10.0. The largest absolute Gasteiger partial charge is 0.449 e. The Balaban J connectivity index is 2.56. The van der Waals surface area contributed by atoms with Crippen LogP contribution in [0, 0.1) is 0 Å². The molecule has 3 nitrogen and oxygen atoms in total. The Bertz CT molecular complexity index is 324. The Hall–Kier alpha value is -1.51. The molecule has 1 rings (SSSR count). The van der Waals surface area contributed by atoms with E-state index in [1.807, 2.05) is 37.3 Å². The molecule has 0 atom stereocenters. The van der Waals surface area contributed by atoms with Gasteiger partial charge in [-0.3, -0.25) is 0 Å². The van der Waals surface area contributed by atoms with Crippen LogP contribution in [0.25, 0.3) is 0 Å². The summed E-state index contributed by atoms with van der Waals surface area (Å²) in [5.41, 5.74) is 1.13. The van der Waals surface area contributed by atoms with Gasteiger partial charge in [0, 0.05) is 13.1 Å². The van der Waals surface area contributed by atoms with Crippen molar-refractivity contribution in [3.63, 3.8) is 0 Å². The lowest BCUT2D eigenvalue weighted by atomic mass is 10.2. The van der Waals surface area contributed by atoms with E-state index in [0.29, 0.717) is 13.2 Å². The fourth-order valence-electron chi connectivity index (χ4n) is 1.59. The maximum Gasteiger partial charge on any atom is 0.410 e. The van der Waals surface area contributed by atoms with Crippen molar-refractivity contribution in [2.45, 2.75) is 33.2 Å². The standard InChI is InChI=1S/C14H21NO2/c1-3-10-15(14(16)17-11-4-2)12-13-8-6-5-7-9-13/h5-9H,3-4,10-12H2,1-2H3. The lowest BCUT2D eigenvalue weighted by Gasteiger charge is -2.21. The zero-order valence-corrected chi connectivity index (χ0v) is 10.7. The summed E-state index contributed by atoms with van der Waals surface area (Å²) in [5.74, 6) is 0. The summed E-state index contributed by atoms with van der Waals surface area (Å²) >= 11 is 0. The van der Waals surface area contributed by atoms with E-state index in [0.717, 1.165) is 24.9 Å². The summed E-state index contributed by atoms with van der Waals surface area (Å²) in [6.07, 6.45) is 1.59. The fourth-order valence-corrected chi connectivity index (χ4v) is 1.59. The van der Waals surface area contributed by atoms with Crippen LogP contribution < -0.4 is 0 Å². The molecule has 0 saturated carbocycles. The Morgan fingerprint density at radius 2 is 1.88 bits per heavy atom. The van der Waals surface area contributed by atoms with E-state index < -0.39 is 0 Å². The smallest absolute Gasteiger partial charge is 0.410 e. The molecule has 0 radical (unpaired) electrons. The van der Waals surface area contributed by atoms with Crippen LogP contribution in [0.2, 0.25) is 0 Å². The van der Waals surface area contributed by atoms with Crippen LogP contribution in [0.5, 0.6) is 0 Å². The Morgan fingerprint density at radius 1 is 1.18 bits per heavy atom. The molecule has 0 unspecified atom stereocenters. The molecule has 0 spiro atoms. The number of hydrogen-bond acceptors (Lipinski definition) is 2. The molecule has 0 N–H and O–H groups in total. The van der Waals surface area contributed by atoms with E-state index in [1.54, 1.807) is 4.90 Å². The number of carbonyl (C=O) groups is 1. The minimum atomic E-state index is -0.211. The maximum absolute atomic E-state index is 11.8. The summed E-state index contributed by atoms with van der Waals surface area (Å²) in [5, 5.41) is 0. The fraction of sp³-hybridized carbons (Fsp3) is 0.500. The van der Waals surface area contributed by atoms with E-state index in [9.17, 15) is 4.79 Å². The first-order valence-electron chi connectivity index (χ1n) is 6.23. The van der Waals surface area contributed by atoms with E-state index in [2.05, 4.69) is 6.92 Å². The van der Waals surface area contributed by atoms with Crippen LogP contribution >= 0.6 is 0 Å². The van der Waals surface area contributed by atoms with Crippen molar-refractivity contribution in [2.24, 2.45) is 0 Å². The van der Waals surface area contributed by atoms with Gasteiger partial charge >= 0.3 is 6.09 Å². The second-order valence-electron chi connectivity index (χ2n) is 4.02. The summed E-state index contributed by atoms with van der Waals surface area (Å²) in [6, 6.07) is 9.99. The highest BCUT2D eigenvalue weighted by Gasteiger charge is 2.13. The molecule has 0 aliphatic heterocycles. The van der Waals surface area contributed by atoms with Gasteiger partial charge in [-0.2, -0.15) is 0 Å². The molecule has 0 saturated heterocycles.